The summed E-state index contributed by atoms with van der Waals surface area (Å²) in [6, 6.07) is 0. The van der Waals surface area contributed by atoms with E-state index >= 15 is 0 Å². The first kappa shape index (κ1) is 27.4. The van der Waals surface area contributed by atoms with Gasteiger partial charge in [-0.05, 0) is 41.5 Å². The highest BCUT2D eigenvalue weighted by Crippen LogP contribution is 2.43. The van der Waals surface area contributed by atoms with Crippen LogP contribution in [0.3, 0.4) is 0 Å². The van der Waals surface area contributed by atoms with Crippen molar-refractivity contribution in [1.82, 2.24) is 0 Å². The van der Waals surface area contributed by atoms with Crippen LogP contribution in [0, 0.1) is 0 Å². The van der Waals surface area contributed by atoms with Crippen LogP contribution in [0.5, 0.6) is 0 Å². The second-order valence-electron chi connectivity index (χ2n) is 5.70. The SMILES string of the molecule is CC(C)OP(OC(C)C)OC(C)C.O=C(CC(=O)C(F)(F)F)C(F)(F)F. The molecule has 0 radical (unpaired) electrons. The second kappa shape index (κ2) is 11.8. The number of rotatable bonds is 8. The third kappa shape index (κ3) is 15.5. The monoisotopic (exact) mass is 416 g/mol. The van der Waals surface area contributed by atoms with E-state index in [1.165, 1.54) is 0 Å². The van der Waals surface area contributed by atoms with Crippen LogP contribution in [0.15, 0.2) is 0 Å². The molecule has 0 saturated heterocycles. The van der Waals surface area contributed by atoms with Gasteiger partial charge in [0.1, 0.15) is 0 Å². The molecule has 0 amide bonds. The number of Topliss-reactive ketones (excluding diaryl/α,β-unsaturated/α-hetero) is 2. The van der Waals surface area contributed by atoms with Crippen LogP contribution in [0.2, 0.25) is 0 Å². The van der Waals surface area contributed by atoms with Crippen molar-refractivity contribution in [3.63, 3.8) is 0 Å². The summed E-state index contributed by atoms with van der Waals surface area (Å²) in [4.78, 5) is 19.8. The molecule has 0 unspecified atom stereocenters. The fraction of sp³-hybridized carbons (Fsp3) is 0.857. The number of hydrogen-bond acceptors (Lipinski definition) is 5. The van der Waals surface area contributed by atoms with Crippen LogP contribution in [0.1, 0.15) is 48.0 Å². The molecule has 0 aliphatic carbocycles. The molecule has 0 N–H and O–H groups in total. The lowest BCUT2D eigenvalue weighted by molar-refractivity contribution is -0.182. The van der Waals surface area contributed by atoms with Crippen molar-refractivity contribution in [1.29, 1.82) is 0 Å². The van der Waals surface area contributed by atoms with Gasteiger partial charge in [0.25, 0.3) is 0 Å². The Morgan fingerprint density at radius 2 is 0.923 bits per heavy atom. The Labute approximate surface area is 149 Å². The van der Waals surface area contributed by atoms with E-state index in [1.54, 1.807) is 0 Å². The lowest BCUT2D eigenvalue weighted by atomic mass is 10.2. The van der Waals surface area contributed by atoms with Crippen molar-refractivity contribution in [2.45, 2.75) is 78.6 Å². The lowest BCUT2D eigenvalue weighted by Gasteiger charge is -2.22. The summed E-state index contributed by atoms with van der Waals surface area (Å²) in [6.07, 6.45) is -12.6. The van der Waals surface area contributed by atoms with Crippen molar-refractivity contribution in [2.75, 3.05) is 0 Å². The van der Waals surface area contributed by atoms with Gasteiger partial charge in [0, 0.05) is 0 Å². The van der Waals surface area contributed by atoms with Crippen LogP contribution in [-0.4, -0.2) is 42.2 Å². The summed E-state index contributed by atoms with van der Waals surface area (Å²) in [5.74, 6) is -5.40. The number of ketones is 2. The van der Waals surface area contributed by atoms with E-state index in [0.717, 1.165) is 0 Å². The van der Waals surface area contributed by atoms with Crippen molar-refractivity contribution >= 4 is 20.2 Å². The molecule has 0 rings (SSSR count). The van der Waals surface area contributed by atoms with Gasteiger partial charge in [-0.2, -0.15) is 26.3 Å². The first-order chi connectivity index (χ1) is 11.5. The summed E-state index contributed by atoms with van der Waals surface area (Å²) in [6.45, 7) is 11.8. The maximum absolute atomic E-state index is 11.3. The minimum Gasteiger partial charge on any atom is -0.309 e. The van der Waals surface area contributed by atoms with Crippen molar-refractivity contribution in [2.24, 2.45) is 0 Å². The molecule has 0 aliphatic heterocycles. The van der Waals surface area contributed by atoms with Crippen LogP contribution >= 0.6 is 8.60 Å². The van der Waals surface area contributed by atoms with Crippen LogP contribution in [-0.2, 0) is 23.2 Å². The minimum atomic E-state index is -5.40. The first-order valence-corrected chi connectivity index (χ1v) is 8.56. The molecular formula is C14H23F6O5P. The van der Waals surface area contributed by atoms with E-state index < -0.39 is 38.9 Å². The normalized spacial score (nSPS) is 12.6. The molecule has 0 atom stereocenters. The van der Waals surface area contributed by atoms with E-state index in [2.05, 4.69) is 0 Å². The molecule has 0 saturated carbocycles. The largest absolute Gasteiger partial charge is 0.450 e. The number of alkyl halides is 6. The van der Waals surface area contributed by atoms with Crippen molar-refractivity contribution in [3.05, 3.63) is 0 Å². The molecule has 156 valence electrons. The van der Waals surface area contributed by atoms with Gasteiger partial charge in [-0.25, -0.2) is 0 Å². The highest BCUT2D eigenvalue weighted by Gasteiger charge is 2.46. The number of halogens is 6. The maximum atomic E-state index is 11.3. The zero-order valence-electron chi connectivity index (χ0n) is 15.2. The third-order valence-corrected chi connectivity index (χ3v) is 3.63. The molecule has 26 heavy (non-hydrogen) atoms. The molecule has 0 aromatic rings. The lowest BCUT2D eigenvalue weighted by Crippen LogP contribution is -2.31. The van der Waals surface area contributed by atoms with Gasteiger partial charge in [-0.1, -0.05) is 0 Å². The van der Waals surface area contributed by atoms with Crippen LogP contribution in [0.25, 0.3) is 0 Å². The van der Waals surface area contributed by atoms with E-state index in [-0.39, 0.29) is 18.3 Å². The van der Waals surface area contributed by atoms with Crippen LogP contribution in [0.4, 0.5) is 26.3 Å². The third-order valence-electron chi connectivity index (χ3n) is 1.84. The predicted molar refractivity (Wildman–Crippen MR) is 82.3 cm³/mol. The summed E-state index contributed by atoms with van der Waals surface area (Å²) >= 11 is 0. The summed E-state index contributed by atoms with van der Waals surface area (Å²) in [7, 11) is -1.18. The average molecular weight is 416 g/mol. The highest BCUT2D eigenvalue weighted by atomic mass is 31.2. The standard InChI is InChI=1S/C9H21O3P.C5H2F6O2/c1-7(2)10-13(11-8(3)4)12-9(5)6;6-4(7,8)2(12)1-3(13)5(9,10)11/h7-9H,1-6H3;1H2. The molecule has 0 aromatic heterocycles. The molecule has 0 aromatic carbocycles. The summed E-state index contributed by atoms with van der Waals surface area (Å²) < 4.78 is 84.4. The van der Waals surface area contributed by atoms with Gasteiger partial charge in [0.2, 0.25) is 11.6 Å². The maximum Gasteiger partial charge on any atom is 0.450 e. The van der Waals surface area contributed by atoms with E-state index in [0.29, 0.717) is 0 Å². The van der Waals surface area contributed by atoms with Gasteiger partial charge in [-0.3, -0.25) is 9.59 Å². The van der Waals surface area contributed by atoms with Gasteiger partial charge in [0.05, 0.1) is 24.7 Å². The molecule has 12 heteroatoms. The van der Waals surface area contributed by atoms with Crippen LogP contribution < -0.4 is 0 Å². The Kier molecular flexibility index (Phi) is 12.5. The Morgan fingerprint density at radius 3 is 1.08 bits per heavy atom. The number of carbonyl (C=O) groups is 2. The second-order valence-corrected chi connectivity index (χ2v) is 6.78. The molecule has 0 fully saturated rings. The molecular weight excluding hydrogens is 393 g/mol. The molecule has 0 bridgehead atoms. The molecule has 5 nitrogen and oxygen atoms in total. The van der Waals surface area contributed by atoms with Gasteiger partial charge >= 0.3 is 21.0 Å². The zero-order valence-corrected chi connectivity index (χ0v) is 16.1. The zero-order chi connectivity index (χ0) is 21.3. The first-order valence-electron chi connectivity index (χ1n) is 7.47. The van der Waals surface area contributed by atoms with E-state index in [1.807, 2.05) is 41.5 Å². The summed E-state index contributed by atoms with van der Waals surface area (Å²) in [5.41, 5.74) is 0. The summed E-state index contributed by atoms with van der Waals surface area (Å²) in [5, 5.41) is 0. The quantitative estimate of drug-likeness (QED) is 0.312. The van der Waals surface area contributed by atoms with E-state index in [9.17, 15) is 35.9 Å². The van der Waals surface area contributed by atoms with Gasteiger partial charge in [0.15, 0.2) is 0 Å². The Morgan fingerprint density at radius 1 is 0.692 bits per heavy atom. The Bertz CT molecular complexity index is 387. The minimum absolute atomic E-state index is 0.142. The topological polar surface area (TPSA) is 61.8 Å². The average Bonchev–Trinajstić information content (AvgIpc) is 2.34. The van der Waals surface area contributed by atoms with E-state index in [4.69, 9.17) is 13.6 Å². The smallest absolute Gasteiger partial charge is 0.309 e. The highest BCUT2D eigenvalue weighted by molar-refractivity contribution is 7.41. The fourth-order valence-electron chi connectivity index (χ4n) is 0.937. The fourth-order valence-corrected chi connectivity index (χ4v) is 2.12. The van der Waals surface area contributed by atoms with Crippen molar-refractivity contribution < 1.29 is 49.5 Å². The Hall–Kier alpha value is -0.770. The Balaban J connectivity index is 0. The molecule has 0 heterocycles. The van der Waals surface area contributed by atoms with Gasteiger partial charge < -0.3 is 13.6 Å². The molecule has 0 spiro atoms. The van der Waals surface area contributed by atoms with Gasteiger partial charge in [-0.15, -0.1) is 0 Å². The number of hydrogen-bond donors (Lipinski definition) is 0. The number of carbonyl (C=O) groups excluding carboxylic acids is 2. The predicted octanol–water partition coefficient (Wildman–Crippen LogP) is 5.13. The van der Waals surface area contributed by atoms with Crippen molar-refractivity contribution in [3.8, 4) is 0 Å². The molecule has 0 aliphatic rings.